The van der Waals surface area contributed by atoms with E-state index in [2.05, 4.69) is 6.92 Å². The predicted molar refractivity (Wildman–Crippen MR) is 111 cm³/mol. The monoisotopic (exact) mass is 414 g/mol. The molecule has 2 fully saturated rings. The van der Waals surface area contributed by atoms with Gasteiger partial charge in [-0.05, 0) is 61.1 Å². The Labute approximate surface area is 167 Å². The maximum absolute atomic E-state index is 14.2. The molecule has 0 radical (unpaired) electrons. The van der Waals surface area contributed by atoms with Gasteiger partial charge >= 0.3 is 0 Å². The molecule has 0 amide bonds. The predicted octanol–water partition coefficient (Wildman–Crippen LogP) is 7.79. The summed E-state index contributed by atoms with van der Waals surface area (Å²) in [6.45, 7) is 2.30. The topological polar surface area (TPSA) is 0 Å². The van der Waals surface area contributed by atoms with Crippen molar-refractivity contribution in [2.75, 3.05) is 0 Å². The smallest absolute Gasteiger partial charge is 0.147 e. The quantitative estimate of drug-likeness (QED) is 0.431. The average molecular weight is 415 g/mol. The summed E-state index contributed by atoms with van der Waals surface area (Å²) in [5.74, 6) is -0.965. The molecule has 1 aromatic carbocycles. The summed E-state index contributed by atoms with van der Waals surface area (Å²) in [5.41, 5.74) is 0.578. The van der Waals surface area contributed by atoms with Crippen LogP contribution in [-0.2, 0) is 0 Å². The molecule has 0 N–H and O–H groups in total. The van der Waals surface area contributed by atoms with E-state index < -0.39 is 31.8 Å². The SMILES string of the molecule is CCC[Si@H]1CC[C@H]([C@H]2CC[C@H](c3cc(F)c(C(F)=CCl)c(F)c3)CC2)CC1. The minimum absolute atomic E-state index is 0.174. The lowest BCUT2D eigenvalue weighted by Gasteiger charge is -2.37. The maximum atomic E-state index is 14.2. The third kappa shape index (κ3) is 5.00. The third-order valence-electron chi connectivity index (χ3n) is 6.90. The summed E-state index contributed by atoms with van der Waals surface area (Å²) in [4.78, 5) is 0. The van der Waals surface area contributed by atoms with Crippen molar-refractivity contribution in [3.8, 4) is 0 Å². The number of rotatable bonds is 5. The summed E-state index contributed by atoms with van der Waals surface area (Å²) in [5, 5.41) is 0. The van der Waals surface area contributed by atoms with Crippen LogP contribution >= 0.6 is 11.6 Å². The van der Waals surface area contributed by atoms with Gasteiger partial charge in [-0.15, -0.1) is 0 Å². The van der Waals surface area contributed by atoms with Crippen LogP contribution in [-0.4, -0.2) is 8.80 Å². The molecule has 0 unspecified atom stereocenters. The minimum Gasteiger partial charge on any atom is -0.206 e. The second kappa shape index (κ2) is 9.64. The van der Waals surface area contributed by atoms with E-state index in [1.807, 2.05) is 0 Å². The average Bonchev–Trinajstić information content (AvgIpc) is 2.68. The normalized spacial score (nSPS) is 29.7. The molecule has 1 aliphatic carbocycles. The third-order valence-corrected chi connectivity index (χ3v) is 10.8. The van der Waals surface area contributed by atoms with Crippen LogP contribution in [0.2, 0.25) is 18.1 Å². The molecule has 0 atom stereocenters. The summed E-state index contributed by atoms with van der Waals surface area (Å²) in [7, 11) is -0.436. The zero-order valence-electron chi connectivity index (χ0n) is 16.1. The van der Waals surface area contributed by atoms with E-state index in [0.717, 1.165) is 37.5 Å². The Morgan fingerprint density at radius 2 is 1.59 bits per heavy atom. The van der Waals surface area contributed by atoms with Crippen molar-refractivity contribution in [2.24, 2.45) is 11.8 Å². The maximum Gasteiger partial charge on any atom is 0.147 e. The number of halogens is 4. The van der Waals surface area contributed by atoms with E-state index in [1.165, 1.54) is 49.5 Å². The zero-order valence-corrected chi connectivity index (χ0v) is 18.0. The van der Waals surface area contributed by atoms with Crippen molar-refractivity contribution in [3.05, 3.63) is 40.4 Å². The number of benzene rings is 1. The molecule has 0 nitrogen and oxygen atoms in total. The van der Waals surface area contributed by atoms with Gasteiger partial charge in [0.1, 0.15) is 17.5 Å². The van der Waals surface area contributed by atoms with Crippen LogP contribution in [0.5, 0.6) is 0 Å². The van der Waals surface area contributed by atoms with Gasteiger partial charge in [-0.2, -0.15) is 0 Å². The Morgan fingerprint density at radius 1 is 1.04 bits per heavy atom. The van der Waals surface area contributed by atoms with Gasteiger partial charge in [0.05, 0.1) is 5.56 Å². The van der Waals surface area contributed by atoms with Gasteiger partial charge in [-0.1, -0.05) is 55.9 Å². The van der Waals surface area contributed by atoms with E-state index in [0.29, 0.717) is 11.1 Å². The first-order valence-electron chi connectivity index (χ1n) is 10.5. The Morgan fingerprint density at radius 3 is 2.11 bits per heavy atom. The lowest BCUT2D eigenvalue weighted by molar-refractivity contribution is 0.216. The molecule has 1 aliphatic heterocycles. The number of hydrogen-bond acceptors (Lipinski definition) is 0. The van der Waals surface area contributed by atoms with Gasteiger partial charge in [0.15, 0.2) is 0 Å². The highest BCUT2D eigenvalue weighted by molar-refractivity contribution is 6.58. The molecule has 5 heteroatoms. The van der Waals surface area contributed by atoms with Crippen LogP contribution in [0.1, 0.15) is 68.9 Å². The first-order chi connectivity index (χ1) is 13.0. The van der Waals surface area contributed by atoms with Gasteiger partial charge in [-0.3, -0.25) is 0 Å². The van der Waals surface area contributed by atoms with E-state index in [9.17, 15) is 13.2 Å². The molecule has 1 aromatic rings. The molecule has 150 valence electrons. The highest BCUT2D eigenvalue weighted by Gasteiger charge is 2.32. The van der Waals surface area contributed by atoms with Crippen molar-refractivity contribution < 1.29 is 13.2 Å². The highest BCUT2D eigenvalue weighted by atomic mass is 35.5. The highest BCUT2D eigenvalue weighted by Crippen LogP contribution is 2.44. The van der Waals surface area contributed by atoms with Crippen molar-refractivity contribution in [1.29, 1.82) is 0 Å². The van der Waals surface area contributed by atoms with Crippen molar-refractivity contribution >= 4 is 26.2 Å². The standard InChI is InChI=1S/C22H30ClF3Si/c1-2-9-27-10-7-17(8-11-27)15-3-5-16(6-4-15)18-12-19(24)22(20(25)13-18)21(26)14-23/h12-17,27H,2-11H2,1H3/t15-,16-,17-,27-. The van der Waals surface area contributed by atoms with Crippen molar-refractivity contribution in [2.45, 2.75) is 75.9 Å². The van der Waals surface area contributed by atoms with Crippen molar-refractivity contribution in [1.82, 2.24) is 0 Å². The van der Waals surface area contributed by atoms with Gasteiger partial charge in [0.2, 0.25) is 0 Å². The lowest BCUT2D eigenvalue weighted by Crippen LogP contribution is -2.28. The second-order valence-electron chi connectivity index (χ2n) is 8.50. The van der Waals surface area contributed by atoms with E-state index >= 15 is 0 Å². The van der Waals surface area contributed by atoms with Crippen molar-refractivity contribution in [3.63, 3.8) is 0 Å². The van der Waals surface area contributed by atoms with Crippen LogP contribution in [0.4, 0.5) is 13.2 Å². The van der Waals surface area contributed by atoms with Crippen LogP contribution in [0.25, 0.3) is 5.83 Å². The van der Waals surface area contributed by atoms with Gasteiger partial charge < -0.3 is 0 Å². The molecule has 0 aromatic heterocycles. The Bertz CT molecular complexity index is 637. The van der Waals surface area contributed by atoms with E-state index in [4.69, 9.17) is 11.6 Å². The minimum atomic E-state index is -1.07. The van der Waals surface area contributed by atoms with Crippen LogP contribution in [0, 0.1) is 23.5 Å². The molecular weight excluding hydrogens is 385 g/mol. The molecule has 1 saturated heterocycles. The molecule has 0 spiro atoms. The largest absolute Gasteiger partial charge is 0.206 e. The molecule has 2 aliphatic rings. The Balaban J connectivity index is 1.58. The lowest BCUT2D eigenvalue weighted by atomic mass is 9.72. The summed E-state index contributed by atoms with van der Waals surface area (Å²) in [6, 6.07) is 7.12. The molecular formula is C22H30ClF3Si. The van der Waals surface area contributed by atoms with Gasteiger partial charge in [0.25, 0.3) is 0 Å². The Hall–Kier alpha value is -0.743. The zero-order chi connectivity index (χ0) is 19.4. The first kappa shape index (κ1) is 21.0. The summed E-state index contributed by atoms with van der Waals surface area (Å²) < 4.78 is 41.9. The second-order valence-corrected chi connectivity index (χ2v) is 12.2. The fourth-order valence-electron chi connectivity index (χ4n) is 5.39. The molecule has 1 heterocycles. The van der Waals surface area contributed by atoms with E-state index in [-0.39, 0.29) is 5.92 Å². The fraction of sp³-hybridized carbons (Fsp3) is 0.636. The fourth-order valence-corrected chi connectivity index (χ4v) is 8.98. The molecule has 1 saturated carbocycles. The van der Waals surface area contributed by atoms with Crippen LogP contribution in [0.15, 0.2) is 17.7 Å². The van der Waals surface area contributed by atoms with Crippen LogP contribution in [0.3, 0.4) is 0 Å². The van der Waals surface area contributed by atoms with Gasteiger partial charge in [-0.25, -0.2) is 13.2 Å². The summed E-state index contributed by atoms with van der Waals surface area (Å²) in [6.07, 6.45) is 8.42. The van der Waals surface area contributed by atoms with E-state index in [1.54, 1.807) is 0 Å². The Kier molecular flexibility index (Phi) is 7.49. The first-order valence-corrected chi connectivity index (χ1v) is 13.4. The number of hydrogen-bond donors (Lipinski definition) is 0. The van der Waals surface area contributed by atoms with Gasteiger partial charge in [0, 0.05) is 14.3 Å². The molecule has 3 rings (SSSR count). The molecule has 27 heavy (non-hydrogen) atoms. The summed E-state index contributed by atoms with van der Waals surface area (Å²) >= 11 is 5.27. The van der Waals surface area contributed by atoms with Crippen LogP contribution < -0.4 is 0 Å². The molecule has 0 bridgehead atoms.